The van der Waals surface area contributed by atoms with Gasteiger partial charge in [-0.2, -0.15) is 0 Å². The lowest BCUT2D eigenvalue weighted by atomic mass is 9.97. The number of nitrogens with one attached hydrogen (secondary N) is 1. The van der Waals surface area contributed by atoms with Crippen molar-refractivity contribution in [1.29, 1.82) is 0 Å². The first-order valence-electron chi connectivity index (χ1n) is 9.02. The van der Waals surface area contributed by atoms with Gasteiger partial charge in [0.05, 0.1) is 32.8 Å². The molecule has 1 unspecified atom stereocenters. The molecular formula is C19H30IN3O4. The number of carbonyl (C=O) groups is 1. The van der Waals surface area contributed by atoms with Crippen molar-refractivity contribution in [3.8, 4) is 5.75 Å². The number of halogens is 1. The number of hydrogen-bond donors (Lipinski definition) is 2. The van der Waals surface area contributed by atoms with E-state index in [0.717, 1.165) is 49.7 Å². The van der Waals surface area contributed by atoms with Gasteiger partial charge in [0, 0.05) is 19.6 Å². The van der Waals surface area contributed by atoms with Gasteiger partial charge in [-0.25, -0.2) is 0 Å². The highest BCUT2D eigenvalue weighted by Gasteiger charge is 2.27. The zero-order chi connectivity index (χ0) is 18.9. The van der Waals surface area contributed by atoms with Crippen LogP contribution in [0.4, 0.5) is 0 Å². The second-order valence-corrected chi connectivity index (χ2v) is 6.27. The molecule has 2 N–H and O–H groups in total. The molecule has 1 aliphatic heterocycles. The number of aliphatic hydroxyl groups is 1. The molecule has 1 atom stereocenters. The molecule has 0 amide bonds. The molecule has 2 rings (SSSR count). The molecule has 1 fully saturated rings. The van der Waals surface area contributed by atoms with Gasteiger partial charge < -0.3 is 24.8 Å². The Morgan fingerprint density at radius 3 is 2.44 bits per heavy atom. The average Bonchev–Trinajstić information content (AvgIpc) is 2.70. The quantitative estimate of drug-likeness (QED) is 0.275. The maximum absolute atomic E-state index is 11.7. The standard InChI is InChI=1S/C19H29N3O4.HI/c1-4-20-19(22-11-9-15(10-12-22)18(24)26-3)21-13-17(23)14-5-7-16(25-2)8-6-14;/h5-8,15,17,23H,4,9-13H2,1-3H3,(H,20,21);1H. The number of rotatable bonds is 6. The van der Waals surface area contributed by atoms with Crippen molar-refractivity contribution in [2.75, 3.05) is 40.4 Å². The Morgan fingerprint density at radius 1 is 1.30 bits per heavy atom. The molecular weight excluding hydrogens is 461 g/mol. The average molecular weight is 491 g/mol. The molecule has 1 aliphatic rings. The number of nitrogens with zero attached hydrogens (tertiary/aromatic N) is 2. The van der Waals surface area contributed by atoms with Crippen LogP contribution < -0.4 is 10.1 Å². The molecule has 0 radical (unpaired) electrons. The van der Waals surface area contributed by atoms with E-state index >= 15 is 0 Å². The van der Waals surface area contributed by atoms with E-state index < -0.39 is 6.10 Å². The molecule has 0 bridgehead atoms. The van der Waals surface area contributed by atoms with Crippen LogP contribution >= 0.6 is 24.0 Å². The van der Waals surface area contributed by atoms with Crippen molar-refractivity contribution in [2.24, 2.45) is 10.9 Å². The minimum atomic E-state index is -0.679. The maximum atomic E-state index is 11.7. The van der Waals surface area contributed by atoms with Crippen molar-refractivity contribution in [3.05, 3.63) is 29.8 Å². The topological polar surface area (TPSA) is 83.4 Å². The third-order valence-electron chi connectivity index (χ3n) is 4.58. The summed E-state index contributed by atoms with van der Waals surface area (Å²) in [5.74, 6) is 1.35. The third-order valence-corrected chi connectivity index (χ3v) is 4.58. The lowest BCUT2D eigenvalue weighted by Crippen LogP contribution is -2.46. The van der Waals surface area contributed by atoms with Crippen LogP contribution in [0.3, 0.4) is 0 Å². The number of carbonyl (C=O) groups excluding carboxylic acids is 1. The van der Waals surface area contributed by atoms with Gasteiger partial charge in [-0.1, -0.05) is 12.1 Å². The monoisotopic (exact) mass is 491 g/mol. The Morgan fingerprint density at radius 2 is 1.93 bits per heavy atom. The molecule has 1 aromatic carbocycles. The van der Waals surface area contributed by atoms with E-state index in [0.29, 0.717) is 0 Å². The normalized spacial score (nSPS) is 16.3. The number of esters is 1. The summed E-state index contributed by atoms with van der Waals surface area (Å²) < 4.78 is 9.97. The van der Waals surface area contributed by atoms with E-state index in [1.165, 1.54) is 7.11 Å². The lowest BCUT2D eigenvalue weighted by Gasteiger charge is -2.33. The highest BCUT2D eigenvalue weighted by atomic mass is 127. The Labute approximate surface area is 178 Å². The first-order valence-corrected chi connectivity index (χ1v) is 9.02. The number of aliphatic hydroxyl groups excluding tert-OH is 1. The molecule has 0 spiro atoms. The van der Waals surface area contributed by atoms with Gasteiger partial charge in [0.1, 0.15) is 5.75 Å². The van der Waals surface area contributed by atoms with Crippen molar-refractivity contribution in [3.63, 3.8) is 0 Å². The number of benzene rings is 1. The molecule has 8 heteroatoms. The van der Waals surface area contributed by atoms with Crippen molar-refractivity contribution in [2.45, 2.75) is 25.9 Å². The minimum absolute atomic E-state index is 0. The highest BCUT2D eigenvalue weighted by Crippen LogP contribution is 2.20. The molecule has 0 saturated carbocycles. The third kappa shape index (κ3) is 6.84. The van der Waals surface area contributed by atoms with Crippen LogP contribution in [0.2, 0.25) is 0 Å². The zero-order valence-electron chi connectivity index (χ0n) is 16.2. The van der Waals surface area contributed by atoms with Gasteiger partial charge in [-0.05, 0) is 37.5 Å². The molecule has 0 aromatic heterocycles. The number of hydrogen-bond acceptors (Lipinski definition) is 5. The maximum Gasteiger partial charge on any atom is 0.308 e. The number of aliphatic imine (C=N–C) groups is 1. The Kier molecular flexibility index (Phi) is 10.5. The van der Waals surface area contributed by atoms with Crippen molar-refractivity contribution >= 4 is 35.9 Å². The number of methoxy groups -OCH3 is 2. The Hall–Kier alpha value is -1.55. The summed E-state index contributed by atoms with van der Waals surface area (Å²) in [6.07, 6.45) is 0.818. The van der Waals surface area contributed by atoms with Crippen LogP contribution in [0.5, 0.6) is 5.75 Å². The summed E-state index contributed by atoms with van der Waals surface area (Å²) in [6, 6.07) is 7.33. The lowest BCUT2D eigenvalue weighted by molar-refractivity contribution is -0.146. The van der Waals surface area contributed by atoms with Crippen LogP contribution in [0.25, 0.3) is 0 Å². The van der Waals surface area contributed by atoms with Crippen LogP contribution in [0, 0.1) is 5.92 Å². The van der Waals surface area contributed by atoms with Crippen LogP contribution in [0.15, 0.2) is 29.3 Å². The predicted molar refractivity (Wildman–Crippen MR) is 116 cm³/mol. The molecule has 7 nitrogen and oxygen atoms in total. The molecule has 152 valence electrons. The summed E-state index contributed by atoms with van der Waals surface area (Å²) >= 11 is 0. The van der Waals surface area contributed by atoms with E-state index in [1.807, 2.05) is 31.2 Å². The summed E-state index contributed by atoms with van der Waals surface area (Å²) in [4.78, 5) is 18.4. The van der Waals surface area contributed by atoms with Gasteiger partial charge in [0.15, 0.2) is 5.96 Å². The Bertz CT molecular complexity index is 601. The largest absolute Gasteiger partial charge is 0.497 e. The number of ether oxygens (including phenoxy) is 2. The van der Waals surface area contributed by atoms with E-state index in [1.54, 1.807) is 7.11 Å². The van der Waals surface area contributed by atoms with E-state index in [4.69, 9.17) is 9.47 Å². The minimum Gasteiger partial charge on any atom is -0.497 e. The fourth-order valence-electron chi connectivity index (χ4n) is 3.02. The first-order chi connectivity index (χ1) is 12.6. The fraction of sp³-hybridized carbons (Fsp3) is 0.579. The Balaban J connectivity index is 0.00000364. The smallest absolute Gasteiger partial charge is 0.308 e. The fourth-order valence-corrected chi connectivity index (χ4v) is 3.02. The summed E-state index contributed by atoms with van der Waals surface area (Å²) in [7, 11) is 3.04. The number of likely N-dealkylation sites (tertiary alicyclic amines) is 1. The van der Waals surface area contributed by atoms with E-state index in [9.17, 15) is 9.90 Å². The highest BCUT2D eigenvalue weighted by molar-refractivity contribution is 14.0. The van der Waals surface area contributed by atoms with Crippen LogP contribution in [0.1, 0.15) is 31.4 Å². The SMILES string of the molecule is CCNC(=NCC(O)c1ccc(OC)cc1)N1CCC(C(=O)OC)CC1.I. The van der Waals surface area contributed by atoms with Crippen LogP contribution in [-0.4, -0.2) is 62.3 Å². The van der Waals surface area contributed by atoms with Crippen molar-refractivity contribution in [1.82, 2.24) is 10.2 Å². The number of piperidine rings is 1. The summed E-state index contributed by atoms with van der Waals surface area (Å²) in [5, 5.41) is 13.7. The second kappa shape index (κ2) is 12.0. The molecule has 0 aliphatic carbocycles. The molecule has 1 heterocycles. The van der Waals surface area contributed by atoms with Crippen LogP contribution in [-0.2, 0) is 9.53 Å². The zero-order valence-corrected chi connectivity index (χ0v) is 18.5. The summed E-state index contributed by atoms with van der Waals surface area (Å²) in [6.45, 7) is 4.51. The van der Waals surface area contributed by atoms with Gasteiger partial charge in [0.25, 0.3) is 0 Å². The van der Waals surface area contributed by atoms with E-state index in [-0.39, 0.29) is 42.4 Å². The van der Waals surface area contributed by atoms with E-state index in [2.05, 4.69) is 15.2 Å². The second-order valence-electron chi connectivity index (χ2n) is 6.27. The predicted octanol–water partition coefficient (Wildman–Crippen LogP) is 2.20. The van der Waals surface area contributed by atoms with Gasteiger partial charge in [-0.3, -0.25) is 9.79 Å². The molecule has 27 heavy (non-hydrogen) atoms. The first kappa shape index (κ1) is 23.5. The number of guanidine groups is 1. The van der Waals surface area contributed by atoms with Gasteiger partial charge >= 0.3 is 5.97 Å². The van der Waals surface area contributed by atoms with Gasteiger partial charge in [0.2, 0.25) is 0 Å². The summed E-state index contributed by atoms with van der Waals surface area (Å²) in [5.41, 5.74) is 0.801. The van der Waals surface area contributed by atoms with Crippen molar-refractivity contribution < 1.29 is 19.4 Å². The molecule has 1 saturated heterocycles. The van der Waals surface area contributed by atoms with Gasteiger partial charge in [-0.15, -0.1) is 24.0 Å². The molecule has 1 aromatic rings.